The Balaban J connectivity index is 2.05. The van der Waals surface area contributed by atoms with Gasteiger partial charge in [0.2, 0.25) is 0 Å². The number of hydrogen-bond acceptors (Lipinski definition) is 1. The second-order valence-electron chi connectivity index (χ2n) is 5.19. The Kier molecular flexibility index (Phi) is 1.56. The van der Waals surface area contributed by atoms with Crippen molar-refractivity contribution in [3.63, 3.8) is 0 Å². The van der Waals surface area contributed by atoms with Gasteiger partial charge in [-0.25, -0.2) is 0 Å². The minimum Gasteiger partial charge on any atom is -0.295 e. The number of rotatable bonds is 0. The summed E-state index contributed by atoms with van der Waals surface area (Å²) in [7, 11) is 0. The molecule has 0 amide bonds. The zero-order valence-corrected chi connectivity index (χ0v) is 8.51. The molecule has 0 aromatic heterocycles. The van der Waals surface area contributed by atoms with E-state index in [9.17, 15) is 4.79 Å². The number of fused-ring (bicyclic) bond motifs is 2. The topological polar surface area (TPSA) is 17.1 Å². The highest BCUT2D eigenvalue weighted by Gasteiger charge is 2.47. The molecule has 1 heteroatoms. The predicted molar refractivity (Wildman–Crippen MR) is 55.9 cm³/mol. The Morgan fingerprint density at radius 2 is 2.29 bits per heavy atom. The molecule has 3 saturated carbocycles. The van der Waals surface area contributed by atoms with Crippen LogP contribution in [0, 0.1) is 11.3 Å². The van der Waals surface area contributed by atoms with Crippen LogP contribution in [0.2, 0.25) is 0 Å². The van der Waals surface area contributed by atoms with Gasteiger partial charge in [0.15, 0.2) is 5.78 Å². The summed E-state index contributed by atoms with van der Waals surface area (Å²) in [5, 5.41) is 0. The fraction of sp³-hybridized carbons (Fsp3) is 0.615. The van der Waals surface area contributed by atoms with Crippen LogP contribution in [0.25, 0.3) is 0 Å². The van der Waals surface area contributed by atoms with Gasteiger partial charge in [-0.05, 0) is 49.5 Å². The Morgan fingerprint density at radius 3 is 3.07 bits per heavy atom. The van der Waals surface area contributed by atoms with E-state index in [1.165, 1.54) is 24.0 Å². The van der Waals surface area contributed by atoms with Gasteiger partial charge in [0.1, 0.15) is 0 Å². The van der Waals surface area contributed by atoms with E-state index < -0.39 is 0 Å². The number of allylic oxidation sites excluding steroid dienone is 3. The van der Waals surface area contributed by atoms with Crippen LogP contribution in [-0.4, -0.2) is 5.78 Å². The van der Waals surface area contributed by atoms with Crippen molar-refractivity contribution in [3.05, 3.63) is 23.8 Å². The number of carbonyl (C=O) groups excluding carboxylic acids is 1. The average molecular weight is 188 g/mol. The van der Waals surface area contributed by atoms with E-state index >= 15 is 0 Å². The quantitative estimate of drug-likeness (QED) is 0.534. The summed E-state index contributed by atoms with van der Waals surface area (Å²) < 4.78 is 0. The molecule has 1 nitrogen and oxygen atoms in total. The molecule has 0 aromatic rings. The molecule has 4 rings (SSSR count). The maximum absolute atomic E-state index is 11.4. The van der Waals surface area contributed by atoms with E-state index in [0.717, 1.165) is 25.7 Å². The molecule has 4 aliphatic rings. The zero-order chi connectivity index (χ0) is 9.76. The second kappa shape index (κ2) is 2.59. The summed E-state index contributed by atoms with van der Waals surface area (Å²) >= 11 is 0. The fourth-order valence-corrected chi connectivity index (χ4v) is 3.54. The van der Waals surface area contributed by atoms with E-state index in [4.69, 9.17) is 0 Å². The first-order chi connectivity index (χ1) is 6.70. The highest BCUT2D eigenvalue weighted by atomic mass is 16.1. The highest BCUT2D eigenvalue weighted by molar-refractivity contribution is 5.91. The van der Waals surface area contributed by atoms with Crippen molar-refractivity contribution < 1.29 is 4.79 Å². The summed E-state index contributed by atoms with van der Waals surface area (Å²) in [5.41, 5.74) is 3.28. The molecule has 4 aliphatic carbocycles. The van der Waals surface area contributed by atoms with Crippen molar-refractivity contribution in [2.75, 3.05) is 0 Å². The molecule has 0 radical (unpaired) electrons. The van der Waals surface area contributed by atoms with Crippen molar-refractivity contribution in [1.82, 2.24) is 0 Å². The minimum absolute atomic E-state index is 0.351. The highest BCUT2D eigenvalue weighted by Crippen LogP contribution is 2.58. The van der Waals surface area contributed by atoms with Gasteiger partial charge in [-0.3, -0.25) is 4.79 Å². The van der Waals surface area contributed by atoms with E-state index in [2.05, 4.69) is 6.58 Å². The Hall–Kier alpha value is -0.850. The Labute approximate surface area is 84.9 Å². The molecule has 74 valence electrons. The van der Waals surface area contributed by atoms with Crippen LogP contribution in [0.5, 0.6) is 0 Å². The predicted octanol–water partition coefficient (Wildman–Crippen LogP) is 3.02. The average Bonchev–Trinajstić information content (AvgIpc) is 2.17. The van der Waals surface area contributed by atoms with E-state index in [-0.39, 0.29) is 0 Å². The normalized spacial score (nSPS) is 40.9. The number of carbonyl (C=O) groups is 1. The lowest BCUT2D eigenvalue weighted by Crippen LogP contribution is -2.40. The molecular formula is C13H16O. The van der Waals surface area contributed by atoms with E-state index in [0.29, 0.717) is 17.1 Å². The van der Waals surface area contributed by atoms with Gasteiger partial charge in [0.25, 0.3) is 0 Å². The molecular weight excluding hydrogens is 172 g/mol. The van der Waals surface area contributed by atoms with Gasteiger partial charge in [-0.15, -0.1) is 0 Å². The summed E-state index contributed by atoms with van der Waals surface area (Å²) in [4.78, 5) is 11.4. The number of ketones is 1. The Morgan fingerprint density at radius 1 is 1.43 bits per heavy atom. The van der Waals surface area contributed by atoms with Crippen molar-refractivity contribution in [2.24, 2.45) is 11.3 Å². The lowest BCUT2D eigenvalue weighted by Gasteiger charge is -2.51. The van der Waals surface area contributed by atoms with Gasteiger partial charge in [0.05, 0.1) is 0 Å². The lowest BCUT2D eigenvalue weighted by molar-refractivity contribution is -0.116. The van der Waals surface area contributed by atoms with Crippen LogP contribution in [-0.2, 0) is 4.79 Å². The largest absolute Gasteiger partial charge is 0.295 e. The summed E-state index contributed by atoms with van der Waals surface area (Å²) in [6.07, 6.45) is 8.70. The van der Waals surface area contributed by atoms with Crippen molar-refractivity contribution in [3.8, 4) is 0 Å². The molecule has 0 unspecified atom stereocenters. The van der Waals surface area contributed by atoms with Gasteiger partial charge < -0.3 is 0 Å². The third-order valence-electron chi connectivity index (χ3n) is 4.45. The lowest BCUT2D eigenvalue weighted by atomic mass is 9.53. The molecule has 14 heavy (non-hydrogen) atoms. The third-order valence-corrected chi connectivity index (χ3v) is 4.45. The molecule has 1 spiro atoms. The van der Waals surface area contributed by atoms with Gasteiger partial charge in [-0.2, -0.15) is 0 Å². The van der Waals surface area contributed by atoms with Crippen molar-refractivity contribution >= 4 is 5.78 Å². The molecule has 3 fully saturated rings. The third kappa shape index (κ3) is 0.985. The molecule has 0 aliphatic heterocycles. The van der Waals surface area contributed by atoms with Crippen molar-refractivity contribution in [1.29, 1.82) is 0 Å². The second-order valence-corrected chi connectivity index (χ2v) is 5.19. The monoisotopic (exact) mass is 188 g/mol. The van der Waals surface area contributed by atoms with Crippen molar-refractivity contribution in [2.45, 2.75) is 38.5 Å². The van der Waals surface area contributed by atoms with Gasteiger partial charge in [-0.1, -0.05) is 17.7 Å². The Bertz CT molecular complexity index is 350. The first kappa shape index (κ1) is 8.46. The van der Waals surface area contributed by atoms with Crippen LogP contribution < -0.4 is 0 Å². The van der Waals surface area contributed by atoms with Crippen LogP contribution in [0.15, 0.2) is 23.8 Å². The van der Waals surface area contributed by atoms with Crippen LogP contribution in [0.4, 0.5) is 0 Å². The first-order valence-electron chi connectivity index (χ1n) is 5.61. The zero-order valence-electron chi connectivity index (χ0n) is 8.51. The summed E-state index contributed by atoms with van der Waals surface area (Å²) in [5.74, 6) is 1.04. The molecule has 2 bridgehead atoms. The summed E-state index contributed by atoms with van der Waals surface area (Å²) in [6, 6.07) is 0. The first-order valence-corrected chi connectivity index (χ1v) is 5.61. The van der Waals surface area contributed by atoms with Gasteiger partial charge in [0, 0.05) is 6.42 Å². The smallest absolute Gasteiger partial charge is 0.155 e. The van der Waals surface area contributed by atoms with Gasteiger partial charge >= 0.3 is 0 Å². The number of hydrogen-bond donors (Lipinski definition) is 0. The molecule has 0 heterocycles. The standard InChI is InChI=1S/C13H16O/c1-9-8-13-4-2-10(9)6-11(13)7-12(14)3-5-13/h7,10H,1-6,8H2/t10-,13+/m0/s1. The van der Waals surface area contributed by atoms with Crippen LogP contribution in [0.3, 0.4) is 0 Å². The molecule has 0 saturated heterocycles. The SMILES string of the molecule is C=C1C[C@@]23CCC(=O)C=C2C[C@@H]1CC3. The fourth-order valence-electron chi connectivity index (χ4n) is 3.54. The van der Waals surface area contributed by atoms with Crippen LogP contribution >= 0.6 is 0 Å². The molecule has 0 aromatic carbocycles. The van der Waals surface area contributed by atoms with Crippen LogP contribution in [0.1, 0.15) is 38.5 Å². The maximum Gasteiger partial charge on any atom is 0.155 e. The van der Waals surface area contributed by atoms with E-state index in [1.807, 2.05) is 6.08 Å². The minimum atomic E-state index is 0.351. The molecule has 0 N–H and O–H groups in total. The van der Waals surface area contributed by atoms with E-state index in [1.54, 1.807) is 0 Å². The molecule has 2 atom stereocenters. The maximum atomic E-state index is 11.4. The summed E-state index contributed by atoms with van der Waals surface area (Å²) in [6.45, 7) is 4.19.